The SMILES string of the molecule is CCNC(CC)c1ccc(Oc2ccc(Cl)c(C)c2)cc1. The molecule has 2 aromatic carbocycles. The monoisotopic (exact) mass is 303 g/mol. The molecule has 0 bridgehead atoms. The van der Waals surface area contributed by atoms with Crippen molar-refractivity contribution < 1.29 is 4.74 Å². The van der Waals surface area contributed by atoms with Crippen LogP contribution in [0.3, 0.4) is 0 Å². The topological polar surface area (TPSA) is 21.3 Å². The summed E-state index contributed by atoms with van der Waals surface area (Å²) >= 11 is 6.02. The van der Waals surface area contributed by atoms with Crippen molar-refractivity contribution in [3.8, 4) is 11.5 Å². The molecule has 1 atom stereocenters. The van der Waals surface area contributed by atoms with Gasteiger partial charge in [-0.1, -0.05) is 37.6 Å². The summed E-state index contributed by atoms with van der Waals surface area (Å²) in [7, 11) is 0. The second-order valence-electron chi connectivity index (χ2n) is 5.10. The number of hydrogen-bond donors (Lipinski definition) is 1. The molecule has 0 aliphatic heterocycles. The Labute approximate surface area is 132 Å². The van der Waals surface area contributed by atoms with Crippen molar-refractivity contribution in [3.05, 3.63) is 58.6 Å². The summed E-state index contributed by atoms with van der Waals surface area (Å²) in [6, 6.07) is 14.4. The van der Waals surface area contributed by atoms with Gasteiger partial charge in [0.15, 0.2) is 0 Å². The number of halogens is 1. The molecule has 0 aliphatic rings. The zero-order valence-corrected chi connectivity index (χ0v) is 13.6. The average molecular weight is 304 g/mol. The van der Waals surface area contributed by atoms with Crippen molar-refractivity contribution in [2.45, 2.75) is 33.2 Å². The van der Waals surface area contributed by atoms with Gasteiger partial charge in [0.05, 0.1) is 0 Å². The summed E-state index contributed by atoms with van der Waals surface area (Å²) in [4.78, 5) is 0. The molecule has 2 nitrogen and oxygen atoms in total. The Kier molecular flexibility index (Phi) is 5.66. The predicted molar refractivity (Wildman–Crippen MR) is 89.4 cm³/mol. The van der Waals surface area contributed by atoms with Crippen LogP contribution in [-0.2, 0) is 0 Å². The largest absolute Gasteiger partial charge is 0.457 e. The number of ether oxygens (including phenoxy) is 1. The van der Waals surface area contributed by atoms with E-state index in [4.69, 9.17) is 16.3 Å². The third kappa shape index (κ3) is 4.23. The summed E-state index contributed by atoms with van der Waals surface area (Å²) in [6.07, 6.45) is 1.07. The Balaban J connectivity index is 2.09. The van der Waals surface area contributed by atoms with Crippen molar-refractivity contribution in [1.82, 2.24) is 5.32 Å². The summed E-state index contributed by atoms with van der Waals surface area (Å²) in [5, 5.41) is 4.23. The van der Waals surface area contributed by atoms with Crippen LogP contribution in [0.2, 0.25) is 5.02 Å². The molecule has 112 valence electrons. The maximum absolute atomic E-state index is 6.02. The second-order valence-corrected chi connectivity index (χ2v) is 5.51. The Morgan fingerprint density at radius 3 is 2.29 bits per heavy atom. The lowest BCUT2D eigenvalue weighted by Gasteiger charge is -2.16. The second kappa shape index (κ2) is 7.48. The molecule has 2 aromatic rings. The molecule has 0 fully saturated rings. The minimum Gasteiger partial charge on any atom is -0.457 e. The highest BCUT2D eigenvalue weighted by Crippen LogP contribution is 2.27. The first-order valence-corrected chi connectivity index (χ1v) is 7.79. The van der Waals surface area contributed by atoms with Crippen LogP contribution in [0.25, 0.3) is 0 Å². The van der Waals surface area contributed by atoms with E-state index < -0.39 is 0 Å². The molecule has 0 aromatic heterocycles. The summed E-state index contributed by atoms with van der Waals surface area (Å²) < 4.78 is 5.86. The fourth-order valence-electron chi connectivity index (χ4n) is 2.33. The highest BCUT2D eigenvalue weighted by Gasteiger charge is 2.07. The standard InChI is InChI=1S/C18H22ClNO/c1-4-18(20-5-2)14-6-8-15(9-7-14)21-16-10-11-17(19)13(3)12-16/h6-12,18,20H,4-5H2,1-3H3. The first-order valence-electron chi connectivity index (χ1n) is 7.41. The molecular formula is C18H22ClNO. The van der Waals surface area contributed by atoms with E-state index in [0.717, 1.165) is 35.1 Å². The van der Waals surface area contributed by atoms with Crippen LogP contribution < -0.4 is 10.1 Å². The fraction of sp³-hybridized carbons (Fsp3) is 0.333. The maximum Gasteiger partial charge on any atom is 0.127 e. The van der Waals surface area contributed by atoms with Crippen molar-refractivity contribution >= 4 is 11.6 Å². The third-order valence-corrected chi connectivity index (χ3v) is 3.93. The van der Waals surface area contributed by atoms with Crippen LogP contribution in [-0.4, -0.2) is 6.54 Å². The van der Waals surface area contributed by atoms with Gasteiger partial charge in [-0.2, -0.15) is 0 Å². The van der Waals surface area contributed by atoms with Gasteiger partial charge in [0.25, 0.3) is 0 Å². The Bertz CT molecular complexity index is 580. The van der Waals surface area contributed by atoms with Gasteiger partial charge < -0.3 is 10.1 Å². The first kappa shape index (κ1) is 15.9. The summed E-state index contributed by atoms with van der Waals surface area (Å²) in [5.41, 5.74) is 2.31. The molecule has 1 N–H and O–H groups in total. The molecule has 2 rings (SSSR count). The fourth-order valence-corrected chi connectivity index (χ4v) is 2.45. The van der Waals surface area contributed by atoms with E-state index in [1.54, 1.807) is 0 Å². The molecule has 0 radical (unpaired) electrons. The smallest absolute Gasteiger partial charge is 0.127 e. The number of aryl methyl sites for hydroxylation is 1. The molecule has 0 heterocycles. The van der Waals surface area contributed by atoms with Gasteiger partial charge in [-0.3, -0.25) is 0 Å². The Hall–Kier alpha value is -1.51. The third-order valence-electron chi connectivity index (χ3n) is 3.51. The molecule has 0 saturated heterocycles. The zero-order chi connectivity index (χ0) is 15.2. The van der Waals surface area contributed by atoms with Crippen molar-refractivity contribution in [1.29, 1.82) is 0 Å². The average Bonchev–Trinajstić information content (AvgIpc) is 2.49. The van der Waals surface area contributed by atoms with E-state index in [2.05, 4.69) is 31.3 Å². The Morgan fingerprint density at radius 2 is 1.71 bits per heavy atom. The molecule has 0 amide bonds. The van der Waals surface area contributed by atoms with Crippen LogP contribution >= 0.6 is 11.6 Å². The van der Waals surface area contributed by atoms with Crippen LogP contribution in [0.1, 0.15) is 37.4 Å². The van der Waals surface area contributed by atoms with E-state index in [1.165, 1.54) is 5.56 Å². The lowest BCUT2D eigenvalue weighted by Crippen LogP contribution is -2.19. The molecular weight excluding hydrogens is 282 g/mol. The van der Waals surface area contributed by atoms with Crippen LogP contribution in [0.15, 0.2) is 42.5 Å². The van der Waals surface area contributed by atoms with Gasteiger partial charge in [0.2, 0.25) is 0 Å². The number of nitrogens with one attached hydrogen (secondary N) is 1. The minimum absolute atomic E-state index is 0.404. The molecule has 0 saturated carbocycles. The molecule has 1 unspecified atom stereocenters. The molecule has 0 spiro atoms. The van der Waals surface area contributed by atoms with E-state index in [1.807, 2.05) is 37.3 Å². The first-order chi connectivity index (χ1) is 10.1. The Morgan fingerprint density at radius 1 is 1.05 bits per heavy atom. The number of benzene rings is 2. The van der Waals surface area contributed by atoms with Crippen molar-refractivity contribution in [2.75, 3.05) is 6.54 Å². The normalized spacial score (nSPS) is 12.2. The van der Waals surface area contributed by atoms with E-state index >= 15 is 0 Å². The van der Waals surface area contributed by atoms with Gasteiger partial charge in [0, 0.05) is 11.1 Å². The lowest BCUT2D eigenvalue weighted by molar-refractivity contribution is 0.480. The quantitative estimate of drug-likeness (QED) is 0.760. The van der Waals surface area contributed by atoms with E-state index in [-0.39, 0.29) is 0 Å². The molecule has 3 heteroatoms. The minimum atomic E-state index is 0.404. The van der Waals surface area contributed by atoms with Gasteiger partial charge in [0.1, 0.15) is 11.5 Å². The maximum atomic E-state index is 6.02. The highest BCUT2D eigenvalue weighted by atomic mass is 35.5. The van der Waals surface area contributed by atoms with E-state index in [9.17, 15) is 0 Å². The predicted octanol–water partition coefficient (Wildman–Crippen LogP) is 5.50. The highest BCUT2D eigenvalue weighted by molar-refractivity contribution is 6.31. The van der Waals surface area contributed by atoms with Crippen molar-refractivity contribution in [3.63, 3.8) is 0 Å². The van der Waals surface area contributed by atoms with Crippen molar-refractivity contribution in [2.24, 2.45) is 0 Å². The summed E-state index contributed by atoms with van der Waals surface area (Å²) in [6.45, 7) is 7.26. The van der Waals surface area contributed by atoms with Crippen LogP contribution in [0.4, 0.5) is 0 Å². The summed E-state index contributed by atoms with van der Waals surface area (Å²) in [5.74, 6) is 1.65. The number of hydrogen-bond acceptors (Lipinski definition) is 2. The zero-order valence-electron chi connectivity index (χ0n) is 12.8. The lowest BCUT2D eigenvalue weighted by atomic mass is 10.0. The van der Waals surface area contributed by atoms with Gasteiger partial charge in [-0.15, -0.1) is 0 Å². The van der Waals surface area contributed by atoms with E-state index in [0.29, 0.717) is 6.04 Å². The van der Waals surface area contributed by atoms with Crippen LogP contribution in [0.5, 0.6) is 11.5 Å². The van der Waals surface area contributed by atoms with Gasteiger partial charge in [-0.05, 0) is 61.3 Å². The van der Waals surface area contributed by atoms with Crippen LogP contribution in [0, 0.1) is 6.92 Å². The van der Waals surface area contributed by atoms with Gasteiger partial charge in [-0.25, -0.2) is 0 Å². The molecule has 21 heavy (non-hydrogen) atoms. The van der Waals surface area contributed by atoms with Gasteiger partial charge >= 0.3 is 0 Å². The molecule has 0 aliphatic carbocycles. The number of rotatable bonds is 6.